The van der Waals surface area contributed by atoms with Gasteiger partial charge in [-0.2, -0.15) is 0 Å². The molecule has 17 heavy (non-hydrogen) atoms. The van der Waals surface area contributed by atoms with Gasteiger partial charge in [-0.15, -0.1) is 11.3 Å². The van der Waals surface area contributed by atoms with Crippen LogP contribution in [0.1, 0.15) is 15.9 Å². The summed E-state index contributed by atoms with van der Waals surface area (Å²) in [4.78, 5) is 12.3. The molecule has 2 nitrogen and oxygen atoms in total. The molecule has 88 valence electrons. The smallest absolute Gasteiger partial charge is 0.197 e. The molecule has 2 N–H and O–H groups in total. The van der Waals surface area contributed by atoms with E-state index in [1.54, 1.807) is 24.3 Å². The minimum absolute atomic E-state index is 0.140. The molecule has 0 bridgehead atoms. The van der Waals surface area contributed by atoms with Crippen LogP contribution in [-0.2, 0) is 0 Å². The average Bonchev–Trinajstić information content (AvgIpc) is 2.60. The highest BCUT2D eigenvalue weighted by molar-refractivity contribution is 9.12. The van der Waals surface area contributed by atoms with Crippen molar-refractivity contribution in [3.8, 4) is 0 Å². The zero-order valence-electron chi connectivity index (χ0n) is 8.34. The molecule has 0 atom stereocenters. The lowest BCUT2D eigenvalue weighted by Crippen LogP contribution is -2.04. The third-order valence-electron chi connectivity index (χ3n) is 2.16. The summed E-state index contributed by atoms with van der Waals surface area (Å²) in [5.41, 5.74) is 7.21. The van der Waals surface area contributed by atoms with Crippen molar-refractivity contribution < 1.29 is 4.79 Å². The van der Waals surface area contributed by atoms with Gasteiger partial charge in [-0.3, -0.25) is 4.79 Å². The van der Waals surface area contributed by atoms with E-state index in [4.69, 9.17) is 17.3 Å². The predicted octanol–water partition coefficient (Wildman–Crippen LogP) is 4.74. The molecule has 6 heteroatoms. The molecule has 0 saturated heterocycles. The van der Waals surface area contributed by atoms with E-state index in [1.165, 1.54) is 11.3 Å². The van der Waals surface area contributed by atoms with E-state index in [2.05, 4.69) is 31.9 Å². The SMILES string of the molecule is Nc1ccc(Cl)cc1C(=O)c1cc(Br)sc1Br. The minimum Gasteiger partial charge on any atom is -0.398 e. The van der Waals surface area contributed by atoms with Crippen LogP contribution in [0.3, 0.4) is 0 Å². The van der Waals surface area contributed by atoms with Gasteiger partial charge in [0.2, 0.25) is 0 Å². The van der Waals surface area contributed by atoms with Gasteiger partial charge < -0.3 is 5.73 Å². The molecule has 0 saturated carbocycles. The normalized spacial score (nSPS) is 10.5. The van der Waals surface area contributed by atoms with Crippen LogP contribution < -0.4 is 5.73 Å². The number of ketones is 1. The van der Waals surface area contributed by atoms with Crippen LogP contribution in [0.2, 0.25) is 5.02 Å². The molecule has 1 aromatic carbocycles. The van der Waals surface area contributed by atoms with Crippen LogP contribution in [0, 0.1) is 0 Å². The van der Waals surface area contributed by atoms with Crippen molar-refractivity contribution in [3.63, 3.8) is 0 Å². The number of halogens is 3. The summed E-state index contributed by atoms with van der Waals surface area (Å²) in [5.74, 6) is -0.140. The Morgan fingerprint density at radius 1 is 1.24 bits per heavy atom. The summed E-state index contributed by atoms with van der Waals surface area (Å²) in [6.45, 7) is 0. The number of hydrogen-bond donors (Lipinski definition) is 1. The largest absolute Gasteiger partial charge is 0.398 e. The van der Waals surface area contributed by atoms with Crippen LogP contribution >= 0.6 is 54.8 Å². The van der Waals surface area contributed by atoms with Gasteiger partial charge in [-0.25, -0.2) is 0 Å². The zero-order chi connectivity index (χ0) is 12.6. The fraction of sp³-hybridized carbons (Fsp3) is 0. The number of hydrogen-bond acceptors (Lipinski definition) is 3. The minimum atomic E-state index is -0.140. The van der Waals surface area contributed by atoms with Gasteiger partial charge in [0, 0.05) is 21.8 Å². The number of nitrogen functional groups attached to an aromatic ring is 1. The Balaban J connectivity index is 2.50. The lowest BCUT2D eigenvalue weighted by Gasteiger charge is -2.04. The van der Waals surface area contributed by atoms with Crippen LogP contribution in [-0.4, -0.2) is 5.78 Å². The van der Waals surface area contributed by atoms with Gasteiger partial charge in [0.05, 0.1) is 7.57 Å². The summed E-state index contributed by atoms with van der Waals surface area (Å²) in [6.07, 6.45) is 0. The van der Waals surface area contributed by atoms with Crippen molar-refractivity contribution in [2.75, 3.05) is 5.73 Å². The van der Waals surface area contributed by atoms with Gasteiger partial charge in [0.25, 0.3) is 0 Å². The summed E-state index contributed by atoms with van der Waals surface area (Å²) in [5, 5.41) is 0.493. The molecule has 0 aliphatic rings. The molecule has 2 rings (SSSR count). The van der Waals surface area contributed by atoms with Gasteiger partial charge in [-0.1, -0.05) is 11.6 Å². The second-order valence-electron chi connectivity index (χ2n) is 3.30. The number of nitrogens with two attached hydrogens (primary N) is 1. The van der Waals surface area contributed by atoms with E-state index < -0.39 is 0 Å². The maximum Gasteiger partial charge on any atom is 0.197 e. The Bertz CT molecular complexity index is 597. The highest BCUT2D eigenvalue weighted by Crippen LogP contribution is 2.34. The summed E-state index contributed by atoms with van der Waals surface area (Å²) < 4.78 is 1.65. The first-order valence-corrected chi connectivity index (χ1v) is 7.31. The van der Waals surface area contributed by atoms with Crippen molar-refractivity contribution in [1.82, 2.24) is 0 Å². The molecular weight excluding hydrogens is 389 g/mol. The molecule has 0 radical (unpaired) electrons. The van der Waals surface area contributed by atoms with Crippen LogP contribution in [0.15, 0.2) is 31.8 Å². The number of carbonyl (C=O) groups is 1. The van der Waals surface area contributed by atoms with Crippen LogP contribution in [0.4, 0.5) is 5.69 Å². The zero-order valence-corrected chi connectivity index (χ0v) is 13.1. The second-order valence-corrected chi connectivity index (χ2v) is 7.48. The summed E-state index contributed by atoms with van der Waals surface area (Å²) >= 11 is 14.0. The maximum absolute atomic E-state index is 12.3. The van der Waals surface area contributed by atoms with E-state index in [-0.39, 0.29) is 5.78 Å². The third-order valence-corrected chi connectivity index (χ3v) is 4.74. The number of anilines is 1. The molecule has 1 aromatic heterocycles. The Morgan fingerprint density at radius 3 is 2.53 bits per heavy atom. The van der Waals surface area contributed by atoms with Crippen molar-refractivity contribution >= 4 is 66.3 Å². The molecule has 0 aliphatic heterocycles. The molecule has 0 spiro atoms. The second kappa shape index (κ2) is 5.10. The Labute approximate surface area is 124 Å². The Kier molecular flexibility index (Phi) is 3.92. The van der Waals surface area contributed by atoms with E-state index >= 15 is 0 Å². The van der Waals surface area contributed by atoms with Gasteiger partial charge in [0.1, 0.15) is 0 Å². The van der Waals surface area contributed by atoms with Gasteiger partial charge in [0.15, 0.2) is 5.78 Å². The van der Waals surface area contributed by atoms with Crippen molar-refractivity contribution in [2.45, 2.75) is 0 Å². The average molecular weight is 396 g/mol. The molecule has 0 fully saturated rings. The lowest BCUT2D eigenvalue weighted by molar-refractivity contribution is 0.103. The lowest BCUT2D eigenvalue weighted by atomic mass is 10.0. The highest BCUT2D eigenvalue weighted by Gasteiger charge is 2.18. The highest BCUT2D eigenvalue weighted by atomic mass is 79.9. The fourth-order valence-electron chi connectivity index (χ4n) is 1.37. The molecule has 1 heterocycles. The fourth-order valence-corrected chi connectivity index (χ4v) is 4.33. The summed E-state index contributed by atoms with van der Waals surface area (Å²) in [7, 11) is 0. The van der Waals surface area contributed by atoms with E-state index in [0.717, 1.165) is 7.57 Å². The van der Waals surface area contributed by atoms with Crippen molar-refractivity contribution in [1.29, 1.82) is 0 Å². The number of carbonyl (C=O) groups excluding carboxylic acids is 1. The van der Waals surface area contributed by atoms with E-state index in [9.17, 15) is 4.79 Å². The van der Waals surface area contributed by atoms with E-state index in [1.807, 2.05) is 0 Å². The van der Waals surface area contributed by atoms with Crippen LogP contribution in [0.5, 0.6) is 0 Å². The number of rotatable bonds is 2. The Morgan fingerprint density at radius 2 is 1.94 bits per heavy atom. The summed E-state index contributed by atoms with van der Waals surface area (Å²) in [6, 6.07) is 6.63. The van der Waals surface area contributed by atoms with Crippen molar-refractivity contribution in [2.24, 2.45) is 0 Å². The Hall–Kier alpha value is -0.360. The van der Waals surface area contributed by atoms with Crippen molar-refractivity contribution in [3.05, 3.63) is 48.0 Å². The van der Waals surface area contributed by atoms with Gasteiger partial charge in [-0.05, 0) is 56.1 Å². The standard InChI is InChI=1S/C11H6Br2ClNOS/c12-9-4-7(11(13)17-9)10(16)6-3-5(14)1-2-8(6)15/h1-4H,15H2. The number of thiophene rings is 1. The first-order valence-electron chi connectivity index (χ1n) is 4.53. The molecule has 2 aromatic rings. The quantitative estimate of drug-likeness (QED) is 0.590. The predicted molar refractivity (Wildman–Crippen MR) is 79.0 cm³/mol. The van der Waals surface area contributed by atoms with Gasteiger partial charge >= 0.3 is 0 Å². The molecule has 0 aliphatic carbocycles. The third kappa shape index (κ3) is 2.73. The topological polar surface area (TPSA) is 43.1 Å². The molecule has 0 amide bonds. The maximum atomic E-state index is 12.3. The van der Waals surface area contributed by atoms with E-state index in [0.29, 0.717) is 21.8 Å². The first kappa shape index (κ1) is 13.1. The molecule has 0 unspecified atom stereocenters. The first-order chi connectivity index (χ1) is 7.99. The number of benzene rings is 1. The van der Waals surface area contributed by atoms with Crippen LogP contribution in [0.25, 0.3) is 0 Å². The molecular formula is C11H6Br2ClNOS. The monoisotopic (exact) mass is 393 g/mol.